The summed E-state index contributed by atoms with van der Waals surface area (Å²) in [5.74, 6) is 6.31. The lowest BCUT2D eigenvalue weighted by Crippen LogP contribution is -2.46. The van der Waals surface area contributed by atoms with Crippen LogP contribution in [0, 0.1) is 17.8 Å². The summed E-state index contributed by atoms with van der Waals surface area (Å²) in [5.41, 5.74) is 1.59. The van der Waals surface area contributed by atoms with Crippen LogP contribution >= 0.6 is 0 Å². The molecule has 3 atom stereocenters. The first kappa shape index (κ1) is 23.7. The molecule has 0 amide bonds. The number of rotatable bonds is 8. The van der Waals surface area contributed by atoms with E-state index in [-0.39, 0.29) is 18.4 Å². The van der Waals surface area contributed by atoms with Crippen molar-refractivity contribution in [1.29, 1.82) is 0 Å². The third kappa shape index (κ3) is 5.74. The molecular formula is C26H29N3O5. The van der Waals surface area contributed by atoms with Gasteiger partial charge in [-0.1, -0.05) is 5.92 Å². The van der Waals surface area contributed by atoms with Crippen LogP contribution in [-0.4, -0.2) is 57.3 Å². The Kier molecular flexibility index (Phi) is 7.78. The van der Waals surface area contributed by atoms with Crippen molar-refractivity contribution in [3.63, 3.8) is 0 Å². The van der Waals surface area contributed by atoms with Crippen LogP contribution in [0.4, 0.5) is 0 Å². The van der Waals surface area contributed by atoms with E-state index in [0.717, 1.165) is 35.9 Å². The fourth-order valence-corrected chi connectivity index (χ4v) is 4.84. The number of methoxy groups -OCH3 is 1. The van der Waals surface area contributed by atoms with Crippen LogP contribution in [0.25, 0.3) is 10.9 Å². The van der Waals surface area contributed by atoms with Gasteiger partial charge in [-0.05, 0) is 73.9 Å². The molecule has 1 fully saturated rings. The normalized spacial score (nSPS) is 19.4. The molecule has 0 spiro atoms. The van der Waals surface area contributed by atoms with E-state index in [9.17, 15) is 15.0 Å². The van der Waals surface area contributed by atoms with E-state index in [0.29, 0.717) is 31.0 Å². The molecule has 0 bridgehead atoms. The zero-order valence-corrected chi connectivity index (χ0v) is 19.2. The number of hydrogen-bond acceptors (Lipinski definition) is 7. The van der Waals surface area contributed by atoms with Crippen LogP contribution in [0.15, 0.2) is 47.3 Å². The number of nitrogens with zero attached hydrogens (tertiary/aromatic N) is 3. The summed E-state index contributed by atoms with van der Waals surface area (Å²) in [4.78, 5) is 22.2. The molecule has 178 valence electrons. The highest BCUT2D eigenvalue weighted by Gasteiger charge is 2.32. The number of carboxylic acid groups (broad SMARTS) is 1. The molecule has 2 N–H and O–H groups in total. The highest BCUT2D eigenvalue weighted by Crippen LogP contribution is 2.33. The maximum absolute atomic E-state index is 11.5. The van der Waals surface area contributed by atoms with Gasteiger partial charge in [-0.15, -0.1) is 0 Å². The van der Waals surface area contributed by atoms with Crippen LogP contribution < -0.4 is 4.74 Å². The molecule has 34 heavy (non-hydrogen) atoms. The molecule has 8 heteroatoms. The fourth-order valence-electron chi connectivity index (χ4n) is 4.84. The van der Waals surface area contributed by atoms with E-state index >= 15 is 0 Å². The molecule has 3 aromatic rings. The maximum atomic E-state index is 11.5. The van der Waals surface area contributed by atoms with Gasteiger partial charge in [0.1, 0.15) is 12.0 Å². The Balaban J connectivity index is 1.50. The summed E-state index contributed by atoms with van der Waals surface area (Å²) in [5, 5.41) is 21.4. The number of ether oxygens (including phenoxy) is 1. The summed E-state index contributed by atoms with van der Waals surface area (Å²) in [7, 11) is 1.61. The van der Waals surface area contributed by atoms with Crippen molar-refractivity contribution in [2.75, 3.05) is 20.2 Å². The van der Waals surface area contributed by atoms with Crippen LogP contribution in [0.1, 0.15) is 49.7 Å². The van der Waals surface area contributed by atoms with Gasteiger partial charge in [0, 0.05) is 24.0 Å². The SMILES string of the molecule is COc1ccc2nccc(C(O)CCC3C(CC(=O)O)CCCN3CC#Cc3ncco3)c2c1. The van der Waals surface area contributed by atoms with Gasteiger partial charge in [0.25, 0.3) is 5.89 Å². The van der Waals surface area contributed by atoms with Crippen LogP contribution in [-0.2, 0) is 4.79 Å². The van der Waals surface area contributed by atoms with E-state index in [4.69, 9.17) is 9.15 Å². The Labute approximate surface area is 198 Å². The number of carbonyl (C=O) groups is 1. The lowest BCUT2D eigenvalue weighted by Gasteiger charge is -2.40. The van der Waals surface area contributed by atoms with Crippen molar-refractivity contribution in [1.82, 2.24) is 14.9 Å². The zero-order chi connectivity index (χ0) is 23.9. The molecule has 1 aliphatic heterocycles. The Morgan fingerprint density at radius 3 is 2.97 bits per heavy atom. The number of aliphatic hydroxyl groups excluding tert-OH is 1. The predicted octanol–water partition coefficient (Wildman–Crippen LogP) is 3.65. The Morgan fingerprint density at radius 2 is 2.21 bits per heavy atom. The van der Waals surface area contributed by atoms with Crippen molar-refractivity contribution in [2.24, 2.45) is 5.92 Å². The monoisotopic (exact) mass is 463 g/mol. The summed E-state index contributed by atoms with van der Waals surface area (Å²) >= 11 is 0. The minimum atomic E-state index is -0.796. The van der Waals surface area contributed by atoms with Gasteiger partial charge >= 0.3 is 5.97 Å². The average Bonchev–Trinajstić information content (AvgIpc) is 3.36. The van der Waals surface area contributed by atoms with Gasteiger partial charge < -0.3 is 19.4 Å². The molecule has 3 heterocycles. The number of carboxylic acids is 1. The minimum absolute atomic E-state index is 0.0104. The van der Waals surface area contributed by atoms with E-state index in [1.165, 1.54) is 6.26 Å². The average molecular weight is 464 g/mol. The van der Waals surface area contributed by atoms with E-state index < -0.39 is 12.1 Å². The standard InChI is InChI=1S/C26H29N3O5/c1-33-19-6-7-22-21(17-19)20(10-11-27-22)24(30)9-8-23-18(16-26(31)32)4-2-13-29(23)14-3-5-25-28-12-15-34-25/h6-7,10-12,15,17-18,23-24,30H,2,4,8-9,13-14,16H2,1H3,(H,31,32). The molecule has 8 nitrogen and oxygen atoms in total. The smallest absolute Gasteiger partial charge is 0.303 e. The minimum Gasteiger partial charge on any atom is -0.497 e. The number of piperidine rings is 1. The van der Waals surface area contributed by atoms with Crippen molar-refractivity contribution in [2.45, 2.75) is 44.2 Å². The molecule has 1 aromatic carbocycles. The molecule has 4 rings (SSSR count). The third-order valence-corrected chi connectivity index (χ3v) is 6.46. The second-order valence-corrected chi connectivity index (χ2v) is 8.55. The Bertz CT molecular complexity index is 1170. The van der Waals surface area contributed by atoms with Crippen molar-refractivity contribution in [3.8, 4) is 17.6 Å². The fraction of sp³-hybridized carbons (Fsp3) is 0.423. The first-order chi connectivity index (χ1) is 16.5. The summed E-state index contributed by atoms with van der Waals surface area (Å²) < 4.78 is 10.5. The van der Waals surface area contributed by atoms with Gasteiger partial charge in [0.2, 0.25) is 0 Å². The van der Waals surface area contributed by atoms with Gasteiger partial charge in [-0.3, -0.25) is 14.7 Å². The van der Waals surface area contributed by atoms with E-state index in [2.05, 4.69) is 26.7 Å². The second-order valence-electron chi connectivity index (χ2n) is 8.55. The van der Waals surface area contributed by atoms with Crippen molar-refractivity contribution in [3.05, 3.63) is 54.4 Å². The second kappa shape index (κ2) is 11.1. The number of pyridine rings is 1. The van der Waals surface area contributed by atoms with Crippen molar-refractivity contribution >= 4 is 16.9 Å². The molecule has 0 radical (unpaired) electrons. The number of aromatic nitrogens is 2. The number of aliphatic hydroxyl groups is 1. The quantitative estimate of drug-likeness (QED) is 0.487. The topological polar surface area (TPSA) is 109 Å². The molecule has 3 unspecified atom stereocenters. The maximum Gasteiger partial charge on any atom is 0.303 e. The number of benzene rings is 1. The molecule has 2 aromatic heterocycles. The number of fused-ring (bicyclic) bond motifs is 1. The molecular weight excluding hydrogens is 434 g/mol. The summed E-state index contributed by atoms with van der Waals surface area (Å²) in [6, 6.07) is 7.46. The van der Waals surface area contributed by atoms with Crippen LogP contribution in [0.2, 0.25) is 0 Å². The largest absolute Gasteiger partial charge is 0.497 e. The summed E-state index contributed by atoms with van der Waals surface area (Å²) in [6.45, 7) is 1.33. The van der Waals surface area contributed by atoms with E-state index in [1.54, 1.807) is 19.5 Å². The molecule has 1 aliphatic rings. The Morgan fingerprint density at radius 1 is 1.32 bits per heavy atom. The molecule has 1 saturated heterocycles. The van der Waals surface area contributed by atoms with Gasteiger partial charge in [0.15, 0.2) is 0 Å². The number of oxazole rings is 1. The van der Waals surface area contributed by atoms with Crippen LogP contribution in [0.3, 0.4) is 0 Å². The summed E-state index contributed by atoms with van der Waals surface area (Å²) in [6.07, 6.45) is 7.08. The number of aliphatic carboxylic acids is 1. The first-order valence-corrected chi connectivity index (χ1v) is 11.5. The van der Waals surface area contributed by atoms with Gasteiger partial charge in [-0.25, -0.2) is 4.98 Å². The third-order valence-electron chi connectivity index (χ3n) is 6.46. The van der Waals surface area contributed by atoms with Gasteiger partial charge in [0.05, 0.1) is 31.5 Å². The van der Waals surface area contributed by atoms with Crippen LogP contribution in [0.5, 0.6) is 5.75 Å². The number of likely N-dealkylation sites (tertiary alicyclic amines) is 1. The van der Waals surface area contributed by atoms with E-state index in [1.807, 2.05) is 24.3 Å². The highest BCUT2D eigenvalue weighted by atomic mass is 16.5. The Hall–Kier alpha value is -3.41. The van der Waals surface area contributed by atoms with Gasteiger partial charge in [-0.2, -0.15) is 0 Å². The molecule has 0 aliphatic carbocycles. The highest BCUT2D eigenvalue weighted by molar-refractivity contribution is 5.83. The number of hydrogen-bond donors (Lipinski definition) is 2. The molecule has 0 saturated carbocycles. The predicted molar refractivity (Wildman–Crippen MR) is 126 cm³/mol. The lowest BCUT2D eigenvalue weighted by molar-refractivity contribution is -0.139. The lowest BCUT2D eigenvalue weighted by atomic mass is 9.83. The zero-order valence-electron chi connectivity index (χ0n) is 19.2. The first-order valence-electron chi connectivity index (χ1n) is 11.5. The van der Waals surface area contributed by atoms with Crippen molar-refractivity contribution < 1.29 is 24.2 Å².